The molecule has 1 aromatic carbocycles. The molecule has 2 aromatic heterocycles. The van der Waals surface area contributed by atoms with Crippen molar-refractivity contribution in [2.45, 2.75) is 13.8 Å². The van der Waals surface area contributed by atoms with Crippen molar-refractivity contribution in [1.29, 1.82) is 0 Å². The zero-order valence-electron chi connectivity index (χ0n) is 12.1. The predicted molar refractivity (Wildman–Crippen MR) is 75.3 cm³/mol. The van der Waals surface area contributed by atoms with Gasteiger partial charge in [0.2, 0.25) is 5.82 Å². The van der Waals surface area contributed by atoms with E-state index in [1.54, 1.807) is 17.8 Å². The second-order valence-corrected chi connectivity index (χ2v) is 4.53. The smallest absolute Gasteiger partial charge is 0.397 e. The summed E-state index contributed by atoms with van der Waals surface area (Å²) in [7, 11) is 0. The number of benzene rings is 1. The minimum atomic E-state index is -0.660. The molecule has 0 saturated carbocycles. The van der Waals surface area contributed by atoms with Gasteiger partial charge in [-0.05, 0) is 26.0 Å². The Kier molecular flexibility index (Phi) is 3.65. The van der Waals surface area contributed by atoms with Crippen molar-refractivity contribution in [2.24, 2.45) is 0 Å². The second-order valence-electron chi connectivity index (χ2n) is 4.53. The van der Waals surface area contributed by atoms with Crippen LogP contribution < -0.4 is 0 Å². The zero-order valence-corrected chi connectivity index (χ0v) is 12.1. The average Bonchev–Trinajstić information content (AvgIpc) is 3.17. The maximum Gasteiger partial charge on any atom is 0.397 e. The number of hydrogen-bond acceptors (Lipinski definition) is 7. The molecule has 22 heavy (non-hydrogen) atoms. The molecule has 3 rings (SSSR count). The molecule has 0 N–H and O–H groups in total. The highest BCUT2D eigenvalue weighted by Crippen LogP contribution is 2.15. The Labute approximate surface area is 125 Å². The summed E-state index contributed by atoms with van der Waals surface area (Å²) in [6.45, 7) is 3.94. The summed E-state index contributed by atoms with van der Waals surface area (Å²) in [6.07, 6.45) is 1.66. The number of carbonyl (C=O) groups is 1. The normalized spacial score (nSPS) is 10.6. The van der Waals surface area contributed by atoms with Crippen molar-refractivity contribution < 1.29 is 14.1 Å². The standard InChI is InChI=1S/C14H13N5O3/c1-3-21-14(20)13-15-12(17-22-13)11-8-19(18-16-11)10-6-4-9(2)5-7-10/h4-8H,3H2,1-2H3. The van der Waals surface area contributed by atoms with E-state index in [2.05, 4.69) is 20.5 Å². The molecule has 0 amide bonds. The quantitative estimate of drug-likeness (QED) is 0.678. The first-order valence-corrected chi connectivity index (χ1v) is 6.68. The molecule has 0 bridgehead atoms. The summed E-state index contributed by atoms with van der Waals surface area (Å²) in [4.78, 5) is 15.4. The van der Waals surface area contributed by atoms with Gasteiger partial charge in [0, 0.05) is 0 Å². The van der Waals surface area contributed by atoms with Gasteiger partial charge in [0.05, 0.1) is 18.5 Å². The Bertz CT molecular complexity index is 791. The first kappa shape index (κ1) is 13.9. The van der Waals surface area contributed by atoms with E-state index in [1.807, 2.05) is 31.2 Å². The van der Waals surface area contributed by atoms with E-state index in [9.17, 15) is 4.79 Å². The number of carbonyl (C=O) groups excluding carboxylic acids is 1. The van der Waals surface area contributed by atoms with E-state index in [1.165, 1.54) is 0 Å². The summed E-state index contributed by atoms with van der Waals surface area (Å²) in [5.41, 5.74) is 2.42. The van der Waals surface area contributed by atoms with Gasteiger partial charge < -0.3 is 9.26 Å². The lowest BCUT2D eigenvalue weighted by atomic mass is 10.2. The summed E-state index contributed by atoms with van der Waals surface area (Å²) in [5.74, 6) is -0.685. The topological polar surface area (TPSA) is 95.9 Å². The van der Waals surface area contributed by atoms with Crippen LogP contribution in [0, 0.1) is 6.92 Å². The van der Waals surface area contributed by atoms with Crippen LogP contribution in [0.4, 0.5) is 0 Å². The Morgan fingerprint density at radius 2 is 2.09 bits per heavy atom. The maximum atomic E-state index is 11.5. The third-order valence-corrected chi connectivity index (χ3v) is 2.90. The maximum absolute atomic E-state index is 11.5. The number of ether oxygens (including phenoxy) is 1. The Morgan fingerprint density at radius 3 is 2.82 bits per heavy atom. The van der Waals surface area contributed by atoms with Crippen LogP contribution in [0.5, 0.6) is 0 Å². The Balaban J connectivity index is 1.85. The van der Waals surface area contributed by atoms with Gasteiger partial charge in [0.25, 0.3) is 0 Å². The molecule has 0 saturated heterocycles. The molecule has 0 atom stereocenters. The number of aromatic nitrogens is 5. The van der Waals surface area contributed by atoms with E-state index in [-0.39, 0.29) is 18.3 Å². The minimum Gasteiger partial charge on any atom is -0.459 e. The monoisotopic (exact) mass is 299 g/mol. The zero-order chi connectivity index (χ0) is 15.5. The third-order valence-electron chi connectivity index (χ3n) is 2.90. The third kappa shape index (κ3) is 2.71. The fourth-order valence-electron chi connectivity index (χ4n) is 1.79. The Hall–Kier alpha value is -3.03. The van der Waals surface area contributed by atoms with E-state index in [0.29, 0.717) is 5.69 Å². The van der Waals surface area contributed by atoms with Crippen molar-refractivity contribution in [3.05, 3.63) is 41.9 Å². The molecule has 3 aromatic rings. The van der Waals surface area contributed by atoms with Gasteiger partial charge in [0.1, 0.15) is 0 Å². The van der Waals surface area contributed by atoms with Crippen molar-refractivity contribution in [3.63, 3.8) is 0 Å². The number of rotatable bonds is 4. The van der Waals surface area contributed by atoms with Crippen LogP contribution in [0.3, 0.4) is 0 Å². The molecule has 8 heteroatoms. The van der Waals surface area contributed by atoms with Gasteiger partial charge in [-0.1, -0.05) is 28.1 Å². The van der Waals surface area contributed by atoms with Crippen LogP contribution in [-0.4, -0.2) is 37.7 Å². The van der Waals surface area contributed by atoms with Gasteiger partial charge >= 0.3 is 11.9 Å². The van der Waals surface area contributed by atoms with Crippen molar-refractivity contribution in [1.82, 2.24) is 25.1 Å². The highest BCUT2D eigenvalue weighted by Gasteiger charge is 2.19. The Morgan fingerprint density at radius 1 is 1.32 bits per heavy atom. The van der Waals surface area contributed by atoms with Crippen LogP contribution in [-0.2, 0) is 4.74 Å². The largest absolute Gasteiger partial charge is 0.459 e. The van der Waals surface area contributed by atoms with Crippen LogP contribution in [0.25, 0.3) is 17.2 Å². The molecular formula is C14H13N5O3. The lowest BCUT2D eigenvalue weighted by Gasteiger charge is -1.99. The molecule has 0 fully saturated rings. The highest BCUT2D eigenvalue weighted by atomic mass is 16.6. The summed E-state index contributed by atoms with van der Waals surface area (Å²) >= 11 is 0. The van der Waals surface area contributed by atoms with Gasteiger partial charge in [-0.3, -0.25) is 0 Å². The number of nitrogens with zero attached hydrogens (tertiary/aromatic N) is 5. The van der Waals surface area contributed by atoms with Gasteiger partial charge in [-0.25, -0.2) is 9.48 Å². The molecule has 8 nitrogen and oxygen atoms in total. The predicted octanol–water partition coefficient (Wildman–Crippen LogP) is 1.80. The summed E-state index contributed by atoms with van der Waals surface area (Å²) in [6, 6.07) is 7.80. The average molecular weight is 299 g/mol. The van der Waals surface area contributed by atoms with Crippen LogP contribution in [0.2, 0.25) is 0 Å². The highest BCUT2D eigenvalue weighted by molar-refractivity contribution is 5.84. The van der Waals surface area contributed by atoms with Crippen molar-refractivity contribution in [3.8, 4) is 17.2 Å². The van der Waals surface area contributed by atoms with Crippen LogP contribution >= 0.6 is 0 Å². The number of aryl methyl sites for hydroxylation is 1. The molecule has 0 aliphatic carbocycles. The van der Waals surface area contributed by atoms with Crippen LogP contribution in [0.1, 0.15) is 23.2 Å². The lowest BCUT2D eigenvalue weighted by molar-refractivity contribution is 0.0470. The van der Waals surface area contributed by atoms with Gasteiger partial charge in [-0.15, -0.1) is 5.10 Å². The summed E-state index contributed by atoms with van der Waals surface area (Å²) in [5, 5.41) is 11.7. The molecule has 0 aliphatic heterocycles. The van der Waals surface area contributed by atoms with E-state index in [4.69, 9.17) is 9.26 Å². The van der Waals surface area contributed by atoms with Gasteiger partial charge in [0.15, 0.2) is 5.69 Å². The first-order chi connectivity index (χ1) is 10.7. The van der Waals surface area contributed by atoms with E-state index >= 15 is 0 Å². The van der Waals surface area contributed by atoms with Crippen LogP contribution in [0.15, 0.2) is 35.0 Å². The van der Waals surface area contributed by atoms with E-state index < -0.39 is 5.97 Å². The fraction of sp³-hybridized carbons (Fsp3) is 0.214. The minimum absolute atomic E-state index is 0.182. The fourth-order valence-corrected chi connectivity index (χ4v) is 1.79. The SMILES string of the molecule is CCOC(=O)c1nc(-c2cn(-c3ccc(C)cc3)nn2)no1. The lowest BCUT2D eigenvalue weighted by Crippen LogP contribution is -2.04. The summed E-state index contributed by atoms with van der Waals surface area (Å²) < 4.78 is 11.2. The second kappa shape index (κ2) is 5.76. The first-order valence-electron chi connectivity index (χ1n) is 6.68. The van der Waals surface area contributed by atoms with Gasteiger partial charge in [-0.2, -0.15) is 4.98 Å². The molecule has 0 unspecified atom stereocenters. The molecule has 112 valence electrons. The van der Waals surface area contributed by atoms with Crippen molar-refractivity contribution in [2.75, 3.05) is 6.61 Å². The molecular weight excluding hydrogens is 286 g/mol. The van der Waals surface area contributed by atoms with E-state index in [0.717, 1.165) is 11.3 Å². The number of esters is 1. The molecule has 0 radical (unpaired) electrons. The van der Waals surface area contributed by atoms with Crippen molar-refractivity contribution >= 4 is 5.97 Å². The molecule has 0 aliphatic rings. The number of hydrogen-bond donors (Lipinski definition) is 0. The molecule has 2 heterocycles. The molecule has 0 spiro atoms.